The molecule has 0 aliphatic heterocycles. The highest BCUT2D eigenvalue weighted by atomic mass is 16.2. The molecule has 0 bridgehead atoms. The third-order valence-corrected chi connectivity index (χ3v) is 2.48. The van der Waals surface area contributed by atoms with E-state index in [1.54, 1.807) is 12.1 Å². The molecule has 2 N–H and O–H groups in total. The maximum Gasteiger partial charge on any atom is 0.252 e. The molecule has 3 nitrogen and oxygen atoms in total. The van der Waals surface area contributed by atoms with Gasteiger partial charge in [0, 0.05) is 12.1 Å². The van der Waals surface area contributed by atoms with Crippen LogP contribution in [0.2, 0.25) is 0 Å². The number of hydrogen-bond donors (Lipinski definition) is 2. The van der Waals surface area contributed by atoms with Crippen molar-refractivity contribution < 1.29 is 9.90 Å². The number of rotatable bonds is 4. The van der Waals surface area contributed by atoms with Gasteiger partial charge >= 0.3 is 0 Å². The van der Waals surface area contributed by atoms with E-state index in [0.29, 0.717) is 23.6 Å². The first-order valence-electron chi connectivity index (χ1n) is 6.12. The maximum atomic E-state index is 12.0. The zero-order valence-corrected chi connectivity index (χ0v) is 10.9. The first-order chi connectivity index (χ1) is 8.65. The summed E-state index contributed by atoms with van der Waals surface area (Å²) < 4.78 is 0. The van der Waals surface area contributed by atoms with E-state index in [0.717, 1.165) is 6.42 Å². The van der Waals surface area contributed by atoms with Crippen molar-refractivity contribution in [3.8, 4) is 11.8 Å². The molecule has 0 saturated carbocycles. The van der Waals surface area contributed by atoms with Crippen LogP contribution in [0.15, 0.2) is 24.3 Å². The lowest BCUT2D eigenvalue weighted by molar-refractivity contribution is 0.0952. The summed E-state index contributed by atoms with van der Waals surface area (Å²) in [7, 11) is 0. The lowest BCUT2D eigenvalue weighted by atomic mass is 10.1. The van der Waals surface area contributed by atoms with Crippen molar-refractivity contribution in [1.82, 2.24) is 5.32 Å². The average molecular weight is 245 g/mol. The molecule has 0 spiro atoms. The van der Waals surface area contributed by atoms with E-state index in [1.807, 2.05) is 12.1 Å². The Bertz CT molecular complexity index is 455. The van der Waals surface area contributed by atoms with Gasteiger partial charge in [0.1, 0.15) is 6.61 Å². The minimum Gasteiger partial charge on any atom is -0.384 e. The van der Waals surface area contributed by atoms with E-state index in [2.05, 4.69) is 31.0 Å². The SMILES string of the molecule is CC(C)CCNC(=O)c1ccccc1C#CCO. The Morgan fingerprint density at radius 2 is 2.11 bits per heavy atom. The Morgan fingerprint density at radius 1 is 1.39 bits per heavy atom. The van der Waals surface area contributed by atoms with Crippen LogP contribution < -0.4 is 5.32 Å². The maximum absolute atomic E-state index is 12.0. The average Bonchev–Trinajstić information content (AvgIpc) is 2.36. The zero-order chi connectivity index (χ0) is 13.4. The van der Waals surface area contributed by atoms with Gasteiger partial charge in [-0.25, -0.2) is 0 Å². The second-order valence-electron chi connectivity index (χ2n) is 4.44. The van der Waals surface area contributed by atoms with Crippen molar-refractivity contribution in [3.63, 3.8) is 0 Å². The number of aliphatic hydroxyl groups excluding tert-OH is 1. The highest BCUT2D eigenvalue weighted by molar-refractivity contribution is 5.96. The Hall–Kier alpha value is -1.79. The molecule has 0 saturated heterocycles. The molecular weight excluding hydrogens is 226 g/mol. The van der Waals surface area contributed by atoms with Crippen LogP contribution in [0.4, 0.5) is 0 Å². The number of nitrogens with one attached hydrogen (secondary N) is 1. The van der Waals surface area contributed by atoms with Gasteiger partial charge in [-0.05, 0) is 24.5 Å². The normalized spacial score (nSPS) is 9.78. The molecular formula is C15H19NO2. The van der Waals surface area contributed by atoms with Gasteiger partial charge in [0.2, 0.25) is 0 Å². The zero-order valence-electron chi connectivity index (χ0n) is 10.9. The van der Waals surface area contributed by atoms with Crippen LogP contribution in [0.5, 0.6) is 0 Å². The fourth-order valence-corrected chi connectivity index (χ4v) is 1.49. The predicted molar refractivity (Wildman–Crippen MR) is 72.2 cm³/mol. The largest absolute Gasteiger partial charge is 0.384 e. The molecule has 18 heavy (non-hydrogen) atoms. The highest BCUT2D eigenvalue weighted by Crippen LogP contribution is 2.07. The van der Waals surface area contributed by atoms with Crippen molar-refractivity contribution in [2.75, 3.05) is 13.2 Å². The third kappa shape index (κ3) is 4.60. The second-order valence-corrected chi connectivity index (χ2v) is 4.44. The summed E-state index contributed by atoms with van der Waals surface area (Å²) in [6, 6.07) is 7.15. The van der Waals surface area contributed by atoms with Crippen molar-refractivity contribution in [2.45, 2.75) is 20.3 Å². The molecule has 96 valence electrons. The van der Waals surface area contributed by atoms with Crippen LogP contribution in [0.1, 0.15) is 36.2 Å². The molecule has 0 aliphatic rings. The fraction of sp³-hybridized carbons (Fsp3) is 0.400. The summed E-state index contributed by atoms with van der Waals surface area (Å²) in [5.74, 6) is 5.79. The smallest absolute Gasteiger partial charge is 0.252 e. The molecule has 0 aromatic heterocycles. The number of hydrogen-bond acceptors (Lipinski definition) is 2. The topological polar surface area (TPSA) is 49.3 Å². The van der Waals surface area contributed by atoms with Crippen molar-refractivity contribution in [2.24, 2.45) is 5.92 Å². The number of benzene rings is 1. The number of amides is 1. The molecule has 1 amide bonds. The van der Waals surface area contributed by atoms with E-state index in [1.165, 1.54) is 0 Å². The molecule has 0 heterocycles. The monoisotopic (exact) mass is 245 g/mol. The van der Waals surface area contributed by atoms with E-state index >= 15 is 0 Å². The number of carbonyl (C=O) groups excluding carboxylic acids is 1. The van der Waals surface area contributed by atoms with Crippen molar-refractivity contribution in [3.05, 3.63) is 35.4 Å². The first kappa shape index (κ1) is 14.3. The second kappa shape index (κ2) is 7.52. The molecule has 3 heteroatoms. The minimum absolute atomic E-state index is 0.113. The van der Waals surface area contributed by atoms with Gasteiger partial charge < -0.3 is 10.4 Å². The van der Waals surface area contributed by atoms with Crippen LogP contribution in [0, 0.1) is 17.8 Å². The van der Waals surface area contributed by atoms with Crippen molar-refractivity contribution in [1.29, 1.82) is 0 Å². The van der Waals surface area contributed by atoms with E-state index in [-0.39, 0.29) is 12.5 Å². The van der Waals surface area contributed by atoms with Gasteiger partial charge in [-0.1, -0.05) is 37.8 Å². The van der Waals surface area contributed by atoms with Crippen LogP contribution in [0.25, 0.3) is 0 Å². The molecule has 0 atom stereocenters. The van der Waals surface area contributed by atoms with Gasteiger partial charge in [-0.15, -0.1) is 0 Å². The van der Waals surface area contributed by atoms with E-state index < -0.39 is 0 Å². The van der Waals surface area contributed by atoms with E-state index in [9.17, 15) is 4.79 Å². The van der Waals surface area contributed by atoms with Gasteiger partial charge in [0.15, 0.2) is 0 Å². The summed E-state index contributed by atoms with van der Waals surface area (Å²) in [5, 5.41) is 11.6. The van der Waals surface area contributed by atoms with Gasteiger partial charge in [-0.2, -0.15) is 0 Å². The Kier molecular flexibility index (Phi) is 5.96. The third-order valence-electron chi connectivity index (χ3n) is 2.48. The van der Waals surface area contributed by atoms with E-state index in [4.69, 9.17) is 5.11 Å². The molecule has 0 fully saturated rings. The molecule has 1 rings (SSSR count). The summed E-state index contributed by atoms with van der Waals surface area (Å²) in [5.41, 5.74) is 1.20. The standard InChI is InChI=1S/C15H19NO2/c1-12(2)9-10-16-15(18)14-8-4-3-6-13(14)7-5-11-17/h3-4,6,8,12,17H,9-11H2,1-2H3,(H,16,18). The summed E-state index contributed by atoms with van der Waals surface area (Å²) in [6.07, 6.45) is 0.955. The van der Waals surface area contributed by atoms with Crippen LogP contribution >= 0.6 is 0 Å². The molecule has 1 aromatic rings. The highest BCUT2D eigenvalue weighted by Gasteiger charge is 2.08. The molecule has 1 aromatic carbocycles. The predicted octanol–water partition coefficient (Wildman–Crippen LogP) is 1.81. The van der Waals surface area contributed by atoms with Crippen molar-refractivity contribution >= 4 is 5.91 Å². The Morgan fingerprint density at radius 3 is 2.78 bits per heavy atom. The lowest BCUT2D eigenvalue weighted by Gasteiger charge is -2.08. The summed E-state index contributed by atoms with van der Waals surface area (Å²) >= 11 is 0. The fourth-order valence-electron chi connectivity index (χ4n) is 1.49. The minimum atomic E-state index is -0.205. The van der Waals surface area contributed by atoms with Gasteiger partial charge in [0.25, 0.3) is 5.91 Å². The Labute approximate surface area is 108 Å². The molecule has 0 aliphatic carbocycles. The quantitative estimate of drug-likeness (QED) is 0.795. The van der Waals surface area contributed by atoms with Crippen LogP contribution in [0.3, 0.4) is 0 Å². The van der Waals surface area contributed by atoms with Crippen LogP contribution in [-0.4, -0.2) is 24.2 Å². The first-order valence-corrected chi connectivity index (χ1v) is 6.12. The summed E-state index contributed by atoms with van der Waals surface area (Å²) in [6.45, 7) is 4.70. The number of carbonyl (C=O) groups is 1. The molecule has 0 unspecified atom stereocenters. The van der Waals surface area contributed by atoms with Gasteiger partial charge in [-0.3, -0.25) is 4.79 Å². The number of aliphatic hydroxyl groups is 1. The van der Waals surface area contributed by atoms with Crippen LogP contribution in [-0.2, 0) is 0 Å². The Balaban J connectivity index is 2.73. The molecule has 0 radical (unpaired) electrons. The lowest BCUT2D eigenvalue weighted by Crippen LogP contribution is -2.26. The van der Waals surface area contributed by atoms with Gasteiger partial charge in [0.05, 0.1) is 5.56 Å². The summed E-state index contributed by atoms with van der Waals surface area (Å²) in [4.78, 5) is 12.0.